The molecule has 2 N–H and O–H groups in total. The molecule has 1 aliphatic rings. The number of rotatable bonds is 2. The van der Waals surface area contributed by atoms with Crippen LogP contribution in [0.25, 0.3) is 0 Å². The zero-order valence-electron chi connectivity index (χ0n) is 9.16. The second-order valence-electron chi connectivity index (χ2n) is 4.34. The molecule has 1 rings (SSSR count). The number of hydrogen-bond acceptors (Lipinski definition) is 3. The van der Waals surface area contributed by atoms with Crippen LogP contribution in [0.4, 0.5) is 0 Å². The van der Waals surface area contributed by atoms with Crippen LogP contribution in [-0.4, -0.2) is 55.1 Å². The fourth-order valence-corrected chi connectivity index (χ4v) is 2.15. The molecule has 0 aromatic rings. The molecular weight excluding hydrogens is 162 g/mol. The van der Waals surface area contributed by atoms with Gasteiger partial charge in [-0.3, -0.25) is 4.90 Å². The smallest absolute Gasteiger partial charge is 0.0348 e. The van der Waals surface area contributed by atoms with Gasteiger partial charge in [0.05, 0.1) is 0 Å². The van der Waals surface area contributed by atoms with Crippen LogP contribution in [0.3, 0.4) is 0 Å². The van der Waals surface area contributed by atoms with Gasteiger partial charge in [-0.2, -0.15) is 0 Å². The van der Waals surface area contributed by atoms with Gasteiger partial charge >= 0.3 is 0 Å². The van der Waals surface area contributed by atoms with Gasteiger partial charge < -0.3 is 10.6 Å². The van der Waals surface area contributed by atoms with Gasteiger partial charge in [0.25, 0.3) is 0 Å². The maximum absolute atomic E-state index is 5.79. The highest BCUT2D eigenvalue weighted by molar-refractivity contribution is 4.81. The first-order valence-electron chi connectivity index (χ1n) is 5.29. The number of nitrogens with zero attached hydrogens (tertiary/aromatic N) is 2. The van der Waals surface area contributed by atoms with Crippen molar-refractivity contribution in [2.45, 2.75) is 32.4 Å². The lowest BCUT2D eigenvalue weighted by atomic mass is 10.2. The molecule has 0 bridgehead atoms. The minimum Gasteiger partial charge on any atom is -0.329 e. The standard InChI is InChI=1S/C10H23N3/c1-9(2)13-6-4-5-12(3)8-10(13)7-11/h9-10H,4-8,11H2,1-3H3. The summed E-state index contributed by atoms with van der Waals surface area (Å²) >= 11 is 0. The maximum Gasteiger partial charge on any atom is 0.0348 e. The average molecular weight is 185 g/mol. The molecule has 78 valence electrons. The third-order valence-corrected chi connectivity index (χ3v) is 2.88. The molecule has 0 aliphatic carbocycles. The van der Waals surface area contributed by atoms with Gasteiger partial charge in [0.15, 0.2) is 0 Å². The van der Waals surface area contributed by atoms with Crippen molar-refractivity contribution in [3.05, 3.63) is 0 Å². The Morgan fingerprint density at radius 1 is 1.38 bits per heavy atom. The molecule has 1 unspecified atom stereocenters. The van der Waals surface area contributed by atoms with E-state index in [2.05, 4.69) is 30.7 Å². The lowest BCUT2D eigenvalue weighted by Crippen LogP contribution is -2.48. The van der Waals surface area contributed by atoms with E-state index in [1.807, 2.05) is 0 Å². The lowest BCUT2D eigenvalue weighted by molar-refractivity contribution is 0.154. The molecule has 1 saturated heterocycles. The molecule has 0 saturated carbocycles. The predicted octanol–water partition coefficient (Wildman–Crippen LogP) is 0.360. The average Bonchev–Trinajstić information content (AvgIpc) is 2.26. The van der Waals surface area contributed by atoms with E-state index in [4.69, 9.17) is 5.73 Å². The Morgan fingerprint density at radius 3 is 2.62 bits per heavy atom. The minimum absolute atomic E-state index is 0.549. The van der Waals surface area contributed by atoms with Crippen LogP contribution in [0.1, 0.15) is 20.3 Å². The molecule has 13 heavy (non-hydrogen) atoms. The quantitative estimate of drug-likeness (QED) is 0.674. The van der Waals surface area contributed by atoms with Crippen LogP contribution < -0.4 is 5.73 Å². The monoisotopic (exact) mass is 185 g/mol. The molecule has 0 radical (unpaired) electrons. The first-order valence-corrected chi connectivity index (χ1v) is 5.29. The SMILES string of the molecule is CC(C)N1CCCN(C)CC1CN. The van der Waals surface area contributed by atoms with Crippen LogP contribution in [0.2, 0.25) is 0 Å². The van der Waals surface area contributed by atoms with Crippen molar-refractivity contribution in [2.75, 3.05) is 33.2 Å². The van der Waals surface area contributed by atoms with Crippen LogP contribution in [0.5, 0.6) is 0 Å². The molecule has 0 aromatic carbocycles. The normalized spacial score (nSPS) is 27.9. The summed E-state index contributed by atoms with van der Waals surface area (Å²) < 4.78 is 0. The van der Waals surface area contributed by atoms with Crippen LogP contribution in [0, 0.1) is 0 Å². The van der Waals surface area contributed by atoms with Crippen molar-refractivity contribution in [1.82, 2.24) is 9.80 Å². The summed E-state index contributed by atoms with van der Waals surface area (Å²) in [6, 6.07) is 1.17. The molecule has 1 atom stereocenters. The summed E-state index contributed by atoms with van der Waals surface area (Å²) in [5.41, 5.74) is 5.79. The molecule has 3 nitrogen and oxygen atoms in total. The molecule has 0 spiro atoms. The van der Waals surface area contributed by atoms with E-state index in [0.717, 1.165) is 13.1 Å². The van der Waals surface area contributed by atoms with Gasteiger partial charge in [0.2, 0.25) is 0 Å². The molecule has 0 aromatic heterocycles. The fourth-order valence-electron chi connectivity index (χ4n) is 2.15. The molecule has 1 heterocycles. The Bertz CT molecular complexity index is 147. The lowest BCUT2D eigenvalue weighted by Gasteiger charge is -2.33. The largest absolute Gasteiger partial charge is 0.329 e. The fraction of sp³-hybridized carbons (Fsp3) is 1.00. The van der Waals surface area contributed by atoms with Gasteiger partial charge in [-0.15, -0.1) is 0 Å². The zero-order chi connectivity index (χ0) is 9.84. The summed E-state index contributed by atoms with van der Waals surface area (Å²) in [5.74, 6) is 0. The second kappa shape index (κ2) is 4.94. The Kier molecular flexibility index (Phi) is 4.16. The van der Waals surface area contributed by atoms with E-state index >= 15 is 0 Å². The van der Waals surface area contributed by atoms with Gasteiger partial charge in [-0.1, -0.05) is 0 Å². The van der Waals surface area contributed by atoms with Crippen molar-refractivity contribution < 1.29 is 0 Å². The van der Waals surface area contributed by atoms with Crippen molar-refractivity contribution >= 4 is 0 Å². The van der Waals surface area contributed by atoms with Gasteiger partial charge in [-0.25, -0.2) is 0 Å². The van der Waals surface area contributed by atoms with Gasteiger partial charge in [-0.05, 0) is 33.9 Å². The third kappa shape index (κ3) is 2.93. The molecule has 1 aliphatic heterocycles. The van der Waals surface area contributed by atoms with Crippen molar-refractivity contribution in [1.29, 1.82) is 0 Å². The third-order valence-electron chi connectivity index (χ3n) is 2.88. The highest BCUT2D eigenvalue weighted by Gasteiger charge is 2.23. The van der Waals surface area contributed by atoms with Crippen molar-refractivity contribution in [3.8, 4) is 0 Å². The van der Waals surface area contributed by atoms with Crippen LogP contribution in [-0.2, 0) is 0 Å². The van der Waals surface area contributed by atoms with E-state index in [0.29, 0.717) is 12.1 Å². The highest BCUT2D eigenvalue weighted by Crippen LogP contribution is 2.11. The van der Waals surface area contributed by atoms with Crippen molar-refractivity contribution in [3.63, 3.8) is 0 Å². The van der Waals surface area contributed by atoms with Crippen LogP contribution in [0.15, 0.2) is 0 Å². The van der Waals surface area contributed by atoms with E-state index in [9.17, 15) is 0 Å². The minimum atomic E-state index is 0.549. The van der Waals surface area contributed by atoms with E-state index in [1.54, 1.807) is 0 Å². The topological polar surface area (TPSA) is 32.5 Å². The Morgan fingerprint density at radius 2 is 2.08 bits per heavy atom. The van der Waals surface area contributed by atoms with Gasteiger partial charge in [0.1, 0.15) is 0 Å². The number of nitrogens with two attached hydrogens (primary N) is 1. The summed E-state index contributed by atoms with van der Waals surface area (Å²) in [6.07, 6.45) is 1.27. The summed E-state index contributed by atoms with van der Waals surface area (Å²) in [7, 11) is 2.19. The van der Waals surface area contributed by atoms with Gasteiger partial charge in [0, 0.05) is 31.7 Å². The van der Waals surface area contributed by atoms with Crippen molar-refractivity contribution in [2.24, 2.45) is 5.73 Å². The van der Waals surface area contributed by atoms with E-state index in [-0.39, 0.29) is 0 Å². The second-order valence-corrected chi connectivity index (χ2v) is 4.34. The first kappa shape index (κ1) is 11.0. The Balaban J connectivity index is 2.58. The molecular formula is C10H23N3. The molecule has 1 fully saturated rings. The van der Waals surface area contributed by atoms with E-state index in [1.165, 1.54) is 19.5 Å². The predicted molar refractivity (Wildman–Crippen MR) is 56.8 cm³/mol. The summed E-state index contributed by atoms with van der Waals surface area (Å²) in [5, 5.41) is 0. The molecule has 0 amide bonds. The number of likely N-dealkylation sites (N-methyl/N-ethyl adjacent to an activating group) is 1. The first-order chi connectivity index (χ1) is 6.15. The summed E-state index contributed by atoms with van der Waals surface area (Å²) in [6.45, 7) is 8.82. The Hall–Kier alpha value is -0.120. The van der Waals surface area contributed by atoms with E-state index < -0.39 is 0 Å². The van der Waals surface area contributed by atoms with Crippen LogP contribution >= 0.6 is 0 Å². The zero-order valence-corrected chi connectivity index (χ0v) is 9.16. The maximum atomic E-state index is 5.79. The Labute approximate surface area is 81.9 Å². The molecule has 3 heteroatoms. The summed E-state index contributed by atoms with van der Waals surface area (Å²) in [4.78, 5) is 4.92. The number of hydrogen-bond donors (Lipinski definition) is 1. The highest BCUT2D eigenvalue weighted by atomic mass is 15.2.